The normalized spacial score (nSPS) is 16.9. The van der Waals surface area contributed by atoms with Crippen LogP contribution in [0.4, 0.5) is 4.79 Å². The van der Waals surface area contributed by atoms with E-state index in [4.69, 9.17) is 4.74 Å². The quantitative estimate of drug-likeness (QED) is 0.154. The van der Waals surface area contributed by atoms with Gasteiger partial charge in [0.1, 0.15) is 30.8 Å². The molecule has 14 heteroatoms. The third-order valence-corrected chi connectivity index (χ3v) is 8.08. The second kappa shape index (κ2) is 18.7. The van der Waals surface area contributed by atoms with E-state index in [2.05, 4.69) is 21.3 Å². The number of aliphatic carboxylic acids is 1. The molecule has 0 radical (unpaired) electrons. The van der Waals surface area contributed by atoms with Gasteiger partial charge in [0.15, 0.2) is 0 Å². The fourth-order valence-electron chi connectivity index (χ4n) is 5.37. The Morgan fingerprint density at radius 1 is 0.854 bits per heavy atom. The van der Waals surface area contributed by atoms with Crippen LogP contribution >= 0.6 is 0 Å². The molecule has 0 unspecified atom stereocenters. The largest absolute Gasteiger partial charge is 0.480 e. The third-order valence-electron chi connectivity index (χ3n) is 8.08. The number of carbonyl (C=O) groups is 7. The zero-order valence-corrected chi connectivity index (χ0v) is 28.9. The highest BCUT2D eigenvalue weighted by Gasteiger charge is 2.40. The molecule has 1 fully saturated rings. The average molecular weight is 674 g/mol. The number of hydrogen-bond acceptors (Lipinski definition) is 8. The van der Waals surface area contributed by atoms with Gasteiger partial charge in [0.2, 0.25) is 23.5 Å². The van der Waals surface area contributed by atoms with E-state index in [9.17, 15) is 38.7 Å². The Labute approximate surface area is 282 Å². The monoisotopic (exact) mass is 673 g/mol. The zero-order chi connectivity index (χ0) is 36.1. The van der Waals surface area contributed by atoms with Crippen LogP contribution in [-0.4, -0.2) is 88.2 Å². The molecule has 1 aliphatic rings. The number of alkyl carbamates (subject to hydrolysis) is 1. The van der Waals surface area contributed by atoms with Gasteiger partial charge in [-0.15, -0.1) is 0 Å². The summed E-state index contributed by atoms with van der Waals surface area (Å²) in [6.07, 6.45) is 0.244. The lowest BCUT2D eigenvalue weighted by molar-refractivity contribution is -0.145. The first kappa shape index (κ1) is 39.7. The van der Waals surface area contributed by atoms with Crippen LogP contribution in [0.5, 0.6) is 0 Å². The highest BCUT2D eigenvalue weighted by Crippen LogP contribution is 2.21. The molecule has 1 saturated heterocycles. The summed E-state index contributed by atoms with van der Waals surface area (Å²) in [6.45, 7) is 12.3. The minimum absolute atomic E-state index is 0.0180. The number of carboxylic acid groups (broad SMARTS) is 1. The van der Waals surface area contributed by atoms with Crippen molar-refractivity contribution in [2.24, 2.45) is 17.8 Å². The number of hydrogen-bond donors (Lipinski definition) is 5. The SMILES string of the molecule is CC[C@@H](NC(=O)[C@@H]1CCCN1C(=O)[C@@H](NC(=O)OCc1ccccc1)C(C)C)C(=O)C(=O)N[C@H](CC(C)C)C(=O)N[C@H](C(=O)O)C(C)C. The van der Waals surface area contributed by atoms with Crippen molar-refractivity contribution >= 4 is 41.5 Å². The number of Topliss-reactive ketones (excluding diaryl/α,β-unsaturated/α-hetero) is 1. The Morgan fingerprint density at radius 3 is 2.02 bits per heavy atom. The van der Waals surface area contributed by atoms with E-state index in [-0.39, 0.29) is 37.8 Å². The number of carbonyl (C=O) groups excluding carboxylic acids is 6. The Morgan fingerprint density at radius 2 is 1.48 bits per heavy atom. The Kier molecular flexibility index (Phi) is 15.5. The van der Waals surface area contributed by atoms with Gasteiger partial charge < -0.3 is 36.0 Å². The molecule has 1 heterocycles. The highest BCUT2D eigenvalue weighted by atomic mass is 16.5. The predicted molar refractivity (Wildman–Crippen MR) is 176 cm³/mol. The molecule has 2 rings (SSSR count). The number of amides is 5. The van der Waals surface area contributed by atoms with Crippen molar-refractivity contribution in [2.45, 2.75) is 111 Å². The molecule has 48 heavy (non-hydrogen) atoms. The van der Waals surface area contributed by atoms with Crippen LogP contribution in [0.3, 0.4) is 0 Å². The number of carboxylic acids is 1. The maximum Gasteiger partial charge on any atom is 0.408 e. The molecule has 0 saturated carbocycles. The van der Waals surface area contributed by atoms with E-state index in [1.165, 1.54) is 4.90 Å². The van der Waals surface area contributed by atoms with Crippen molar-refractivity contribution in [2.75, 3.05) is 6.54 Å². The summed E-state index contributed by atoms with van der Waals surface area (Å²) in [4.78, 5) is 91.8. The van der Waals surface area contributed by atoms with Crippen molar-refractivity contribution in [1.82, 2.24) is 26.2 Å². The number of likely N-dealkylation sites (tertiary alicyclic amines) is 1. The van der Waals surface area contributed by atoms with Gasteiger partial charge in [0.25, 0.3) is 5.91 Å². The lowest BCUT2D eigenvalue weighted by Gasteiger charge is -2.31. The summed E-state index contributed by atoms with van der Waals surface area (Å²) in [5.41, 5.74) is 0.779. The highest BCUT2D eigenvalue weighted by molar-refractivity contribution is 6.38. The standard InChI is InChI=1S/C34H51N5O9/c1-8-23(28(40)31(43)36-24(17-19(2)3)29(41)37-27(21(6)7)33(45)46)35-30(42)25-15-12-16-39(25)32(44)26(20(4)5)38-34(47)48-18-22-13-10-9-11-14-22/h9-11,13-14,19-21,23-27H,8,12,15-18H2,1-7H3,(H,35,42)(H,36,43)(H,37,41)(H,38,47)(H,45,46)/t23-,24-,25+,26+,27+/m1/s1. The first-order valence-electron chi connectivity index (χ1n) is 16.5. The van der Waals surface area contributed by atoms with E-state index in [1.54, 1.807) is 46.8 Å². The Bertz CT molecular complexity index is 1300. The van der Waals surface area contributed by atoms with Gasteiger partial charge in [-0.2, -0.15) is 0 Å². The van der Waals surface area contributed by atoms with E-state index < -0.39 is 77.6 Å². The van der Waals surface area contributed by atoms with Gasteiger partial charge in [-0.1, -0.05) is 78.8 Å². The Hall–Kier alpha value is -4.49. The number of ether oxygens (including phenoxy) is 1. The number of nitrogens with zero attached hydrogens (tertiary/aromatic N) is 1. The van der Waals surface area contributed by atoms with Crippen LogP contribution in [0.15, 0.2) is 30.3 Å². The first-order chi connectivity index (χ1) is 22.6. The summed E-state index contributed by atoms with van der Waals surface area (Å²) in [6, 6.07) is 3.54. The maximum atomic E-state index is 13.6. The molecule has 0 aliphatic carbocycles. The van der Waals surface area contributed by atoms with E-state index in [0.29, 0.717) is 12.8 Å². The third kappa shape index (κ3) is 11.6. The smallest absolute Gasteiger partial charge is 0.408 e. The van der Waals surface area contributed by atoms with Crippen LogP contribution in [0, 0.1) is 17.8 Å². The van der Waals surface area contributed by atoms with Gasteiger partial charge in [-0.3, -0.25) is 24.0 Å². The molecule has 5 N–H and O–H groups in total. The second-order valence-corrected chi connectivity index (χ2v) is 13.2. The summed E-state index contributed by atoms with van der Waals surface area (Å²) in [5, 5.41) is 19.5. The van der Waals surface area contributed by atoms with Crippen molar-refractivity contribution in [3.63, 3.8) is 0 Å². The van der Waals surface area contributed by atoms with E-state index in [0.717, 1.165) is 5.56 Å². The number of nitrogens with one attached hydrogen (secondary N) is 4. The molecule has 5 amide bonds. The van der Waals surface area contributed by atoms with Crippen LogP contribution in [0.1, 0.15) is 79.7 Å². The molecule has 0 aromatic heterocycles. The van der Waals surface area contributed by atoms with Gasteiger partial charge in [-0.25, -0.2) is 9.59 Å². The van der Waals surface area contributed by atoms with Crippen LogP contribution in [-0.2, 0) is 40.1 Å². The average Bonchev–Trinajstić information content (AvgIpc) is 3.53. The van der Waals surface area contributed by atoms with Gasteiger partial charge >= 0.3 is 12.1 Å². The summed E-state index contributed by atoms with van der Waals surface area (Å²) in [5.74, 6) is -5.98. The number of rotatable bonds is 17. The second-order valence-electron chi connectivity index (χ2n) is 13.2. The van der Waals surface area contributed by atoms with Crippen molar-refractivity contribution in [3.8, 4) is 0 Å². The molecular weight excluding hydrogens is 622 g/mol. The molecule has 1 aliphatic heterocycles. The number of ketones is 1. The molecule has 266 valence electrons. The Balaban J connectivity index is 2.08. The van der Waals surface area contributed by atoms with E-state index in [1.807, 2.05) is 32.0 Å². The van der Waals surface area contributed by atoms with Gasteiger partial charge in [0, 0.05) is 6.54 Å². The fraction of sp³-hybridized carbons (Fsp3) is 0.618. The molecule has 14 nitrogen and oxygen atoms in total. The van der Waals surface area contributed by atoms with E-state index >= 15 is 0 Å². The van der Waals surface area contributed by atoms with Crippen LogP contribution in [0.25, 0.3) is 0 Å². The first-order valence-corrected chi connectivity index (χ1v) is 16.5. The lowest BCUT2D eigenvalue weighted by atomic mass is 10.00. The summed E-state index contributed by atoms with van der Waals surface area (Å²) < 4.78 is 5.29. The molecule has 1 aromatic rings. The lowest BCUT2D eigenvalue weighted by Crippen LogP contribution is -2.58. The molecular formula is C34H51N5O9. The van der Waals surface area contributed by atoms with Crippen molar-refractivity contribution in [3.05, 3.63) is 35.9 Å². The molecule has 0 spiro atoms. The molecule has 0 bridgehead atoms. The van der Waals surface area contributed by atoms with Crippen molar-refractivity contribution < 1.29 is 43.4 Å². The fourth-order valence-corrected chi connectivity index (χ4v) is 5.37. The molecule has 1 aromatic carbocycles. The number of benzene rings is 1. The van der Waals surface area contributed by atoms with Gasteiger partial charge in [-0.05, 0) is 49.0 Å². The molecule has 5 atom stereocenters. The van der Waals surface area contributed by atoms with Crippen LogP contribution < -0.4 is 21.3 Å². The van der Waals surface area contributed by atoms with Gasteiger partial charge in [0.05, 0.1) is 6.04 Å². The minimum atomic E-state index is -1.24. The van der Waals surface area contributed by atoms with Crippen LogP contribution in [0.2, 0.25) is 0 Å². The summed E-state index contributed by atoms with van der Waals surface area (Å²) >= 11 is 0. The minimum Gasteiger partial charge on any atom is -0.480 e. The van der Waals surface area contributed by atoms with Crippen molar-refractivity contribution in [1.29, 1.82) is 0 Å². The maximum absolute atomic E-state index is 13.6. The zero-order valence-electron chi connectivity index (χ0n) is 28.9. The topological polar surface area (TPSA) is 200 Å². The summed E-state index contributed by atoms with van der Waals surface area (Å²) in [7, 11) is 0. The predicted octanol–water partition coefficient (Wildman–Crippen LogP) is 2.15.